The van der Waals surface area contributed by atoms with Crippen LogP contribution in [-0.4, -0.2) is 38.4 Å². The van der Waals surface area contributed by atoms with E-state index in [1.54, 1.807) is 7.11 Å². The number of aliphatic carboxylic acids is 1. The Morgan fingerprint density at radius 1 is 1.32 bits per heavy atom. The van der Waals surface area contributed by atoms with Gasteiger partial charge in [-0.05, 0) is 42.2 Å². The first-order valence-corrected chi connectivity index (χ1v) is 7.04. The fourth-order valence-corrected chi connectivity index (χ4v) is 2.55. The third kappa shape index (κ3) is 2.83. The quantitative estimate of drug-likeness (QED) is 0.904. The summed E-state index contributed by atoms with van der Waals surface area (Å²) in [6, 6.07) is 7.60. The standard InChI is InChI=1S/C15H16N4O3/c1-22-11-7-5-10(6-8-11)9-19-17-14(16-18-19)12-3-2-4-13(12)15(20)21/h5-8H,2-4,9H2,1H3,(H,20,21). The second kappa shape index (κ2) is 5.97. The summed E-state index contributed by atoms with van der Waals surface area (Å²) in [4.78, 5) is 12.7. The average Bonchev–Trinajstić information content (AvgIpc) is 3.16. The number of nitrogens with zero attached hydrogens (tertiary/aromatic N) is 4. The van der Waals surface area contributed by atoms with E-state index in [0.717, 1.165) is 17.7 Å². The molecule has 0 fully saturated rings. The van der Waals surface area contributed by atoms with Crippen molar-refractivity contribution >= 4 is 11.5 Å². The van der Waals surface area contributed by atoms with Gasteiger partial charge < -0.3 is 9.84 Å². The number of hydrogen-bond donors (Lipinski definition) is 1. The van der Waals surface area contributed by atoms with Gasteiger partial charge >= 0.3 is 5.97 Å². The summed E-state index contributed by atoms with van der Waals surface area (Å²) in [5.41, 5.74) is 2.13. The zero-order chi connectivity index (χ0) is 15.5. The molecule has 1 aliphatic carbocycles. The number of carbonyl (C=O) groups is 1. The van der Waals surface area contributed by atoms with Gasteiger partial charge in [0.15, 0.2) is 0 Å². The van der Waals surface area contributed by atoms with Gasteiger partial charge in [0, 0.05) is 11.1 Å². The molecule has 0 bridgehead atoms. The fraction of sp³-hybridized carbons (Fsp3) is 0.333. The van der Waals surface area contributed by atoms with Crippen LogP contribution in [0.1, 0.15) is 30.7 Å². The van der Waals surface area contributed by atoms with E-state index in [4.69, 9.17) is 4.74 Å². The van der Waals surface area contributed by atoms with E-state index in [1.165, 1.54) is 4.80 Å². The number of hydrogen-bond acceptors (Lipinski definition) is 5. The monoisotopic (exact) mass is 300 g/mol. The molecular formula is C15H16N4O3. The van der Waals surface area contributed by atoms with E-state index >= 15 is 0 Å². The summed E-state index contributed by atoms with van der Waals surface area (Å²) in [6.07, 6.45) is 2.08. The van der Waals surface area contributed by atoms with Crippen molar-refractivity contribution in [1.82, 2.24) is 20.2 Å². The number of allylic oxidation sites excluding steroid dienone is 1. The van der Waals surface area contributed by atoms with Crippen LogP contribution in [0.4, 0.5) is 0 Å². The highest BCUT2D eigenvalue weighted by molar-refractivity contribution is 5.96. The van der Waals surface area contributed by atoms with Crippen molar-refractivity contribution in [3.63, 3.8) is 0 Å². The summed E-state index contributed by atoms with van der Waals surface area (Å²) < 4.78 is 5.11. The van der Waals surface area contributed by atoms with Crippen molar-refractivity contribution in [1.29, 1.82) is 0 Å². The minimum absolute atomic E-state index is 0.406. The van der Waals surface area contributed by atoms with Crippen LogP contribution in [0.15, 0.2) is 29.8 Å². The molecule has 1 heterocycles. The summed E-state index contributed by atoms with van der Waals surface area (Å²) in [6.45, 7) is 0.479. The smallest absolute Gasteiger partial charge is 0.331 e. The van der Waals surface area contributed by atoms with Gasteiger partial charge in [-0.25, -0.2) is 4.79 Å². The molecule has 0 atom stereocenters. The normalized spacial score (nSPS) is 14.4. The van der Waals surface area contributed by atoms with E-state index in [2.05, 4.69) is 15.4 Å². The molecule has 0 saturated heterocycles. The number of tetrazole rings is 1. The highest BCUT2D eigenvalue weighted by Gasteiger charge is 2.24. The SMILES string of the molecule is COc1ccc(Cn2nnc(C3=C(C(=O)O)CCC3)n2)cc1. The third-order valence-corrected chi connectivity index (χ3v) is 3.68. The third-order valence-electron chi connectivity index (χ3n) is 3.68. The first-order chi connectivity index (χ1) is 10.7. The minimum atomic E-state index is -0.890. The lowest BCUT2D eigenvalue weighted by molar-refractivity contribution is -0.132. The molecule has 0 spiro atoms. The molecule has 1 aromatic heterocycles. The first-order valence-electron chi connectivity index (χ1n) is 7.04. The van der Waals surface area contributed by atoms with Crippen molar-refractivity contribution in [3.8, 4) is 5.75 Å². The van der Waals surface area contributed by atoms with Crippen LogP contribution >= 0.6 is 0 Å². The van der Waals surface area contributed by atoms with E-state index < -0.39 is 5.97 Å². The van der Waals surface area contributed by atoms with Gasteiger partial charge in [-0.2, -0.15) is 4.80 Å². The minimum Gasteiger partial charge on any atom is -0.497 e. The molecule has 1 aromatic carbocycles. The lowest BCUT2D eigenvalue weighted by Gasteiger charge is -2.02. The maximum Gasteiger partial charge on any atom is 0.331 e. The van der Waals surface area contributed by atoms with E-state index in [0.29, 0.717) is 36.4 Å². The molecule has 3 rings (SSSR count). The highest BCUT2D eigenvalue weighted by Crippen LogP contribution is 2.31. The molecule has 0 radical (unpaired) electrons. The average molecular weight is 300 g/mol. The number of aromatic nitrogens is 4. The molecule has 1 N–H and O–H groups in total. The summed E-state index contributed by atoms with van der Waals surface area (Å²) in [5.74, 6) is 0.320. The molecule has 114 valence electrons. The Balaban J connectivity index is 1.79. The van der Waals surface area contributed by atoms with Crippen LogP contribution in [0.5, 0.6) is 5.75 Å². The van der Waals surface area contributed by atoms with E-state index in [1.807, 2.05) is 24.3 Å². The highest BCUT2D eigenvalue weighted by atomic mass is 16.5. The number of carboxylic acid groups (broad SMARTS) is 1. The number of benzene rings is 1. The van der Waals surface area contributed by atoms with Gasteiger partial charge in [0.05, 0.1) is 13.7 Å². The molecule has 0 aliphatic heterocycles. The maximum atomic E-state index is 11.2. The molecular weight excluding hydrogens is 284 g/mol. The van der Waals surface area contributed by atoms with Crippen LogP contribution in [-0.2, 0) is 11.3 Å². The molecule has 22 heavy (non-hydrogen) atoms. The van der Waals surface area contributed by atoms with Crippen molar-refractivity contribution in [2.24, 2.45) is 0 Å². The molecule has 2 aromatic rings. The van der Waals surface area contributed by atoms with Gasteiger partial charge in [0.2, 0.25) is 5.82 Å². The maximum absolute atomic E-state index is 11.2. The van der Waals surface area contributed by atoms with Crippen molar-refractivity contribution < 1.29 is 14.6 Å². The zero-order valence-electron chi connectivity index (χ0n) is 12.2. The number of ether oxygens (including phenoxy) is 1. The summed E-state index contributed by atoms with van der Waals surface area (Å²) in [5, 5.41) is 21.5. The first kappa shape index (κ1) is 14.2. The van der Waals surface area contributed by atoms with Gasteiger partial charge in [-0.1, -0.05) is 12.1 Å². The van der Waals surface area contributed by atoms with Crippen molar-refractivity contribution in [2.75, 3.05) is 7.11 Å². The second-order valence-electron chi connectivity index (χ2n) is 5.11. The Kier molecular flexibility index (Phi) is 3.86. The van der Waals surface area contributed by atoms with Crippen LogP contribution in [0.2, 0.25) is 0 Å². The van der Waals surface area contributed by atoms with Crippen molar-refractivity contribution in [2.45, 2.75) is 25.8 Å². The summed E-state index contributed by atoms with van der Waals surface area (Å²) in [7, 11) is 1.62. The zero-order valence-corrected chi connectivity index (χ0v) is 12.2. The largest absolute Gasteiger partial charge is 0.497 e. The lowest BCUT2D eigenvalue weighted by Crippen LogP contribution is -2.04. The van der Waals surface area contributed by atoms with Gasteiger partial charge in [-0.15, -0.1) is 10.2 Å². The van der Waals surface area contributed by atoms with Crippen LogP contribution in [0.3, 0.4) is 0 Å². The predicted molar refractivity (Wildman–Crippen MR) is 78.3 cm³/mol. The van der Waals surface area contributed by atoms with Gasteiger partial charge in [-0.3, -0.25) is 0 Å². The summed E-state index contributed by atoms with van der Waals surface area (Å²) >= 11 is 0. The van der Waals surface area contributed by atoms with Gasteiger partial charge in [0.25, 0.3) is 0 Å². The molecule has 0 unspecified atom stereocenters. The lowest BCUT2D eigenvalue weighted by atomic mass is 10.1. The molecule has 7 heteroatoms. The topological polar surface area (TPSA) is 90.1 Å². The Hall–Kier alpha value is -2.70. The number of methoxy groups -OCH3 is 1. The molecule has 0 amide bonds. The van der Waals surface area contributed by atoms with E-state index in [9.17, 15) is 9.90 Å². The molecule has 0 saturated carbocycles. The van der Waals surface area contributed by atoms with Crippen molar-refractivity contribution in [3.05, 3.63) is 41.2 Å². The van der Waals surface area contributed by atoms with Crippen LogP contribution in [0, 0.1) is 0 Å². The van der Waals surface area contributed by atoms with E-state index in [-0.39, 0.29) is 0 Å². The fourth-order valence-electron chi connectivity index (χ4n) is 2.55. The Morgan fingerprint density at radius 3 is 2.77 bits per heavy atom. The van der Waals surface area contributed by atoms with Crippen LogP contribution in [0.25, 0.3) is 5.57 Å². The second-order valence-corrected chi connectivity index (χ2v) is 5.11. The van der Waals surface area contributed by atoms with Crippen LogP contribution < -0.4 is 4.74 Å². The molecule has 7 nitrogen and oxygen atoms in total. The Labute approximate surface area is 127 Å². The molecule has 1 aliphatic rings. The Morgan fingerprint density at radius 2 is 2.09 bits per heavy atom. The number of carboxylic acids is 1. The Bertz CT molecular complexity index is 719. The predicted octanol–water partition coefficient (Wildman–Crippen LogP) is 1.75. The van der Waals surface area contributed by atoms with Gasteiger partial charge in [0.1, 0.15) is 5.75 Å². The number of rotatable bonds is 5.